The lowest BCUT2D eigenvalue weighted by molar-refractivity contribution is -0.107. The van der Waals surface area contributed by atoms with E-state index in [4.69, 9.17) is 0 Å². The molecule has 0 rings (SSSR count). The highest BCUT2D eigenvalue weighted by molar-refractivity contribution is 5.48. The Kier molecular flexibility index (Phi) is 19.5. The van der Waals surface area contributed by atoms with Crippen molar-refractivity contribution in [1.82, 2.24) is 5.32 Å². The summed E-state index contributed by atoms with van der Waals surface area (Å²) in [5.41, 5.74) is 0. The topological polar surface area (TPSA) is 29.1 Å². The van der Waals surface area contributed by atoms with Crippen LogP contribution in [0.3, 0.4) is 0 Å². The maximum absolute atomic E-state index is 10.2. The van der Waals surface area contributed by atoms with Crippen LogP contribution in [0.25, 0.3) is 0 Å². The van der Waals surface area contributed by atoms with E-state index in [1.807, 2.05) is 0 Å². The molecule has 0 saturated carbocycles. The summed E-state index contributed by atoms with van der Waals surface area (Å²) in [6.07, 6.45) is 23.9. The first-order valence-electron chi connectivity index (χ1n) is 9.69. The average molecular weight is 310 g/mol. The molecule has 22 heavy (non-hydrogen) atoms. The van der Waals surface area contributed by atoms with Gasteiger partial charge in [0.05, 0.1) is 0 Å². The molecule has 0 aliphatic rings. The van der Waals surface area contributed by atoms with Crippen LogP contribution in [0, 0.1) is 0 Å². The normalized spacial score (nSPS) is 10.5. The van der Waals surface area contributed by atoms with Gasteiger partial charge in [-0.2, -0.15) is 0 Å². The SMILES string of the molecule is C=CNCCCCCCCCCCCCCCCCCC=O. The summed E-state index contributed by atoms with van der Waals surface area (Å²) in [5, 5.41) is 3.15. The molecule has 0 fully saturated rings. The number of carbonyl (C=O) groups excluding carboxylic acids is 1. The van der Waals surface area contributed by atoms with Crippen LogP contribution in [0.4, 0.5) is 0 Å². The van der Waals surface area contributed by atoms with Gasteiger partial charge in [0.2, 0.25) is 0 Å². The zero-order valence-electron chi connectivity index (χ0n) is 14.8. The number of aldehydes is 1. The average Bonchev–Trinajstić information content (AvgIpc) is 2.54. The second-order valence-electron chi connectivity index (χ2n) is 6.42. The molecule has 0 saturated heterocycles. The molecule has 0 atom stereocenters. The third-order valence-electron chi connectivity index (χ3n) is 4.29. The molecule has 0 aliphatic carbocycles. The van der Waals surface area contributed by atoms with Crippen LogP contribution in [0.15, 0.2) is 12.8 Å². The summed E-state index contributed by atoms with van der Waals surface area (Å²) in [7, 11) is 0. The van der Waals surface area contributed by atoms with Crippen molar-refractivity contribution in [3.05, 3.63) is 12.8 Å². The van der Waals surface area contributed by atoms with Crippen molar-refractivity contribution in [2.24, 2.45) is 0 Å². The van der Waals surface area contributed by atoms with Crippen molar-refractivity contribution < 1.29 is 4.79 Å². The van der Waals surface area contributed by atoms with Gasteiger partial charge in [-0.25, -0.2) is 0 Å². The van der Waals surface area contributed by atoms with Gasteiger partial charge in [0, 0.05) is 13.0 Å². The molecule has 130 valence electrons. The van der Waals surface area contributed by atoms with Gasteiger partial charge >= 0.3 is 0 Å². The van der Waals surface area contributed by atoms with Crippen molar-refractivity contribution >= 4 is 6.29 Å². The van der Waals surface area contributed by atoms with Crippen molar-refractivity contribution in [2.75, 3.05) is 6.54 Å². The van der Waals surface area contributed by atoms with Crippen molar-refractivity contribution in [1.29, 1.82) is 0 Å². The van der Waals surface area contributed by atoms with Gasteiger partial charge in [0.25, 0.3) is 0 Å². The summed E-state index contributed by atoms with van der Waals surface area (Å²) in [6.45, 7) is 4.74. The van der Waals surface area contributed by atoms with Crippen molar-refractivity contribution in [3.8, 4) is 0 Å². The number of rotatable bonds is 19. The quantitative estimate of drug-likeness (QED) is 0.229. The molecule has 0 amide bonds. The number of carbonyl (C=O) groups is 1. The second-order valence-corrected chi connectivity index (χ2v) is 6.42. The zero-order valence-corrected chi connectivity index (χ0v) is 14.8. The standard InChI is InChI=1S/C20H39NO/c1-2-21-19-17-15-13-11-9-7-5-3-4-6-8-10-12-14-16-18-20-22/h2,20-21H,1,3-19H2. The lowest BCUT2D eigenvalue weighted by Gasteiger charge is -2.03. The van der Waals surface area contributed by atoms with E-state index in [2.05, 4.69) is 11.9 Å². The lowest BCUT2D eigenvalue weighted by Crippen LogP contribution is -2.05. The molecular formula is C20H39NO. The van der Waals surface area contributed by atoms with Gasteiger partial charge in [-0.05, 0) is 19.0 Å². The molecule has 0 radical (unpaired) electrons. The summed E-state index contributed by atoms with van der Waals surface area (Å²) < 4.78 is 0. The Balaban J connectivity index is 2.94. The predicted octanol–water partition coefficient (Wildman–Crippen LogP) is 6.16. The van der Waals surface area contributed by atoms with Crippen LogP contribution in [-0.2, 0) is 4.79 Å². The molecule has 0 spiro atoms. The Morgan fingerprint density at radius 3 is 1.32 bits per heavy atom. The maximum atomic E-state index is 10.2. The first-order chi connectivity index (χ1) is 10.9. The minimum absolute atomic E-state index is 0.756. The molecule has 0 heterocycles. The highest BCUT2D eigenvalue weighted by Crippen LogP contribution is 2.13. The van der Waals surface area contributed by atoms with Crippen molar-refractivity contribution in [3.63, 3.8) is 0 Å². The van der Waals surface area contributed by atoms with Crippen LogP contribution < -0.4 is 5.32 Å². The first kappa shape index (κ1) is 21.2. The van der Waals surface area contributed by atoms with Gasteiger partial charge in [-0.1, -0.05) is 90.0 Å². The van der Waals surface area contributed by atoms with E-state index in [1.54, 1.807) is 6.20 Å². The molecule has 0 bridgehead atoms. The van der Waals surface area contributed by atoms with E-state index >= 15 is 0 Å². The molecule has 2 heteroatoms. The Hall–Kier alpha value is -0.790. The van der Waals surface area contributed by atoms with Gasteiger partial charge in [-0.3, -0.25) is 0 Å². The van der Waals surface area contributed by atoms with E-state index in [-0.39, 0.29) is 0 Å². The zero-order chi connectivity index (χ0) is 16.1. The van der Waals surface area contributed by atoms with Crippen LogP contribution in [-0.4, -0.2) is 12.8 Å². The van der Waals surface area contributed by atoms with E-state index in [0.717, 1.165) is 25.7 Å². The van der Waals surface area contributed by atoms with Gasteiger partial charge < -0.3 is 10.1 Å². The first-order valence-corrected chi connectivity index (χ1v) is 9.69. The van der Waals surface area contributed by atoms with E-state index in [0.29, 0.717) is 0 Å². The number of nitrogens with one attached hydrogen (secondary N) is 1. The monoisotopic (exact) mass is 309 g/mol. The molecular weight excluding hydrogens is 270 g/mol. The van der Waals surface area contributed by atoms with Crippen LogP contribution in [0.5, 0.6) is 0 Å². The third kappa shape index (κ3) is 19.2. The fourth-order valence-electron chi connectivity index (χ4n) is 2.85. The maximum Gasteiger partial charge on any atom is 0.119 e. The van der Waals surface area contributed by atoms with Crippen LogP contribution in [0.1, 0.15) is 103 Å². The predicted molar refractivity (Wildman–Crippen MR) is 98.1 cm³/mol. The van der Waals surface area contributed by atoms with Gasteiger partial charge in [-0.15, -0.1) is 0 Å². The smallest absolute Gasteiger partial charge is 0.119 e. The summed E-state index contributed by atoms with van der Waals surface area (Å²) >= 11 is 0. The Labute approximate surface area is 139 Å². The minimum atomic E-state index is 0.756. The van der Waals surface area contributed by atoms with Crippen LogP contribution >= 0.6 is 0 Å². The van der Waals surface area contributed by atoms with E-state index in [1.165, 1.54) is 89.9 Å². The minimum Gasteiger partial charge on any atom is -0.391 e. The molecule has 1 N–H and O–H groups in total. The van der Waals surface area contributed by atoms with Gasteiger partial charge in [0.1, 0.15) is 6.29 Å². The summed E-state index contributed by atoms with van der Waals surface area (Å²) in [5.74, 6) is 0. The molecule has 0 aliphatic heterocycles. The fraction of sp³-hybridized carbons (Fsp3) is 0.850. The van der Waals surface area contributed by atoms with E-state index in [9.17, 15) is 4.79 Å². The Bertz CT molecular complexity index is 204. The number of hydrogen-bond donors (Lipinski definition) is 1. The third-order valence-corrected chi connectivity index (χ3v) is 4.29. The highest BCUT2D eigenvalue weighted by atomic mass is 16.1. The molecule has 2 nitrogen and oxygen atoms in total. The summed E-state index contributed by atoms with van der Waals surface area (Å²) in [6, 6.07) is 0. The lowest BCUT2D eigenvalue weighted by atomic mass is 10.0. The molecule has 0 aromatic carbocycles. The number of hydrogen-bond acceptors (Lipinski definition) is 2. The highest BCUT2D eigenvalue weighted by Gasteiger charge is 1.94. The second kappa shape index (κ2) is 20.2. The van der Waals surface area contributed by atoms with E-state index < -0.39 is 0 Å². The number of unbranched alkanes of at least 4 members (excludes halogenated alkanes) is 15. The molecule has 0 aromatic rings. The Morgan fingerprint density at radius 2 is 0.955 bits per heavy atom. The van der Waals surface area contributed by atoms with Gasteiger partial charge in [0.15, 0.2) is 0 Å². The largest absolute Gasteiger partial charge is 0.391 e. The fourth-order valence-corrected chi connectivity index (χ4v) is 2.85. The Morgan fingerprint density at radius 1 is 0.591 bits per heavy atom. The molecule has 0 aromatic heterocycles. The molecule has 0 unspecified atom stereocenters. The van der Waals surface area contributed by atoms with Crippen molar-refractivity contribution in [2.45, 2.75) is 103 Å². The van der Waals surface area contributed by atoms with Crippen LogP contribution in [0.2, 0.25) is 0 Å². The summed E-state index contributed by atoms with van der Waals surface area (Å²) in [4.78, 5) is 10.2.